The third-order valence-electron chi connectivity index (χ3n) is 8.76. The number of urea groups is 1. The van der Waals surface area contributed by atoms with Crippen LogP contribution in [0, 0.1) is 0 Å². The Hall–Kier alpha value is -4.53. The molecule has 1 fully saturated rings. The van der Waals surface area contributed by atoms with E-state index < -0.39 is 6.29 Å². The zero-order chi connectivity index (χ0) is 31.9. The average Bonchev–Trinajstić information content (AvgIpc) is 3.11. The average molecular weight is 616 g/mol. The van der Waals surface area contributed by atoms with Crippen LogP contribution in [0.1, 0.15) is 59.6 Å². The van der Waals surface area contributed by atoms with Crippen molar-refractivity contribution in [3.8, 4) is 0 Å². The third-order valence-corrected chi connectivity index (χ3v) is 8.76. The number of aliphatic hydroxyl groups is 1. The maximum absolute atomic E-state index is 12.5. The Morgan fingerprint density at radius 2 is 1.52 bits per heavy atom. The Labute approximate surface area is 270 Å². The minimum absolute atomic E-state index is 0.00226. The molecule has 1 saturated heterocycles. The second kappa shape index (κ2) is 14.7. The van der Waals surface area contributed by atoms with E-state index in [-0.39, 0.29) is 30.9 Å². The summed E-state index contributed by atoms with van der Waals surface area (Å²) in [5.74, 6) is 0. The van der Waals surface area contributed by atoms with E-state index in [1.165, 1.54) is 16.3 Å². The van der Waals surface area contributed by atoms with Gasteiger partial charge in [0.1, 0.15) is 0 Å². The summed E-state index contributed by atoms with van der Waals surface area (Å²) in [6.07, 6.45) is -0.143. The van der Waals surface area contributed by atoms with E-state index in [1.807, 2.05) is 78.9 Å². The SMILES string of the molecule is CC(c1ccc2ccccc2c1)N(C)CC1CC(c2ccc(CO)cc2)OC(c2ccc(NC(=O)NCc3ccccc3)cc2)O1. The summed E-state index contributed by atoms with van der Waals surface area (Å²) in [5.41, 5.74) is 5.77. The molecule has 6 rings (SSSR count). The molecular weight excluding hydrogens is 574 g/mol. The van der Waals surface area contributed by atoms with E-state index in [2.05, 4.69) is 72.0 Å². The summed E-state index contributed by atoms with van der Waals surface area (Å²) >= 11 is 0. The predicted molar refractivity (Wildman–Crippen MR) is 182 cm³/mol. The van der Waals surface area contributed by atoms with Gasteiger partial charge in [-0.05, 0) is 65.2 Å². The smallest absolute Gasteiger partial charge is 0.319 e. The Kier molecular flexibility index (Phi) is 10.1. The van der Waals surface area contributed by atoms with Crippen LogP contribution in [-0.2, 0) is 22.6 Å². The van der Waals surface area contributed by atoms with Gasteiger partial charge in [0, 0.05) is 36.8 Å². The van der Waals surface area contributed by atoms with Crippen molar-refractivity contribution >= 4 is 22.5 Å². The van der Waals surface area contributed by atoms with Gasteiger partial charge in [-0.1, -0.05) is 103 Å². The largest absolute Gasteiger partial charge is 0.392 e. The van der Waals surface area contributed by atoms with Crippen LogP contribution in [-0.4, -0.2) is 35.7 Å². The number of carbonyl (C=O) groups is 1. The van der Waals surface area contributed by atoms with Gasteiger partial charge in [-0.15, -0.1) is 0 Å². The molecule has 4 atom stereocenters. The maximum Gasteiger partial charge on any atom is 0.319 e. The molecule has 1 aliphatic heterocycles. The number of carbonyl (C=O) groups excluding carboxylic acids is 1. The zero-order valence-electron chi connectivity index (χ0n) is 26.3. The fourth-order valence-electron chi connectivity index (χ4n) is 5.91. The molecule has 7 nitrogen and oxygen atoms in total. The van der Waals surface area contributed by atoms with E-state index >= 15 is 0 Å². The number of amides is 2. The first kappa shape index (κ1) is 31.5. The van der Waals surface area contributed by atoms with Crippen LogP contribution in [0.15, 0.2) is 121 Å². The number of nitrogens with zero attached hydrogens (tertiary/aromatic N) is 1. The lowest BCUT2D eigenvalue weighted by Crippen LogP contribution is -2.38. The number of ether oxygens (including phenoxy) is 2. The molecule has 5 aromatic rings. The van der Waals surface area contributed by atoms with Crippen molar-refractivity contribution in [1.82, 2.24) is 10.2 Å². The molecule has 0 aromatic heterocycles. The van der Waals surface area contributed by atoms with Crippen LogP contribution in [0.5, 0.6) is 0 Å². The fourth-order valence-corrected chi connectivity index (χ4v) is 5.91. The highest BCUT2D eigenvalue weighted by Gasteiger charge is 2.33. The Bertz CT molecular complexity index is 1730. The van der Waals surface area contributed by atoms with Crippen molar-refractivity contribution in [1.29, 1.82) is 0 Å². The molecule has 46 heavy (non-hydrogen) atoms. The molecule has 4 unspecified atom stereocenters. The van der Waals surface area contributed by atoms with Crippen LogP contribution in [0.3, 0.4) is 0 Å². The Morgan fingerprint density at radius 1 is 0.826 bits per heavy atom. The van der Waals surface area contributed by atoms with Gasteiger partial charge in [0.25, 0.3) is 0 Å². The van der Waals surface area contributed by atoms with Crippen molar-refractivity contribution in [2.24, 2.45) is 0 Å². The number of hydrogen-bond donors (Lipinski definition) is 3. The van der Waals surface area contributed by atoms with Crippen molar-refractivity contribution in [2.45, 2.75) is 51.0 Å². The highest BCUT2D eigenvalue weighted by molar-refractivity contribution is 5.89. The third kappa shape index (κ3) is 7.81. The van der Waals surface area contributed by atoms with Gasteiger partial charge in [0.2, 0.25) is 0 Å². The first-order valence-corrected chi connectivity index (χ1v) is 15.8. The molecular formula is C39H41N3O4. The van der Waals surface area contributed by atoms with Gasteiger partial charge in [-0.3, -0.25) is 4.90 Å². The second-order valence-electron chi connectivity index (χ2n) is 12.0. The molecule has 0 bridgehead atoms. The molecule has 1 aliphatic rings. The minimum Gasteiger partial charge on any atom is -0.392 e. The first-order chi connectivity index (χ1) is 22.4. The molecule has 0 aliphatic carbocycles. The van der Waals surface area contributed by atoms with Crippen molar-refractivity contribution in [3.05, 3.63) is 149 Å². The van der Waals surface area contributed by atoms with Crippen LogP contribution in [0.25, 0.3) is 10.8 Å². The van der Waals surface area contributed by atoms with Crippen molar-refractivity contribution in [2.75, 3.05) is 18.9 Å². The van der Waals surface area contributed by atoms with Crippen molar-refractivity contribution in [3.63, 3.8) is 0 Å². The van der Waals surface area contributed by atoms with Gasteiger partial charge in [0.05, 0.1) is 18.8 Å². The molecule has 3 N–H and O–H groups in total. The maximum atomic E-state index is 12.5. The zero-order valence-corrected chi connectivity index (χ0v) is 26.3. The summed E-state index contributed by atoms with van der Waals surface area (Å²) in [7, 11) is 2.14. The van der Waals surface area contributed by atoms with Crippen LogP contribution < -0.4 is 10.6 Å². The van der Waals surface area contributed by atoms with E-state index in [9.17, 15) is 9.90 Å². The monoisotopic (exact) mass is 615 g/mol. The summed E-state index contributed by atoms with van der Waals surface area (Å²) in [5, 5.41) is 17.8. The molecule has 2 amide bonds. The van der Waals surface area contributed by atoms with Crippen LogP contribution >= 0.6 is 0 Å². The van der Waals surface area contributed by atoms with Gasteiger partial charge >= 0.3 is 6.03 Å². The molecule has 236 valence electrons. The number of rotatable bonds is 10. The number of nitrogens with one attached hydrogen (secondary N) is 2. The number of aliphatic hydroxyl groups excluding tert-OH is 1. The van der Waals surface area contributed by atoms with Crippen molar-refractivity contribution < 1.29 is 19.4 Å². The van der Waals surface area contributed by atoms with E-state index in [0.29, 0.717) is 18.7 Å². The number of benzene rings is 5. The number of anilines is 1. The highest BCUT2D eigenvalue weighted by Crippen LogP contribution is 2.39. The lowest BCUT2D eigenvalue weighted by Gasteiger charge is -2.39. The van der Waals surface area contributed by atoms with Crippen LogP contribution in [0.2, 0.25) is 0 Å². The standard InChI is InChI=1S/C39H41N3O4/c1-27(33-17-16-30-10-6-7-11-34(30)22-33)42(2)25-36-23-37(31-14-12-29(26-43)13-15-31)46-38(45-36)32-18-20-35(21-19-32)41-39(44)40-24-28-8-4-3-5-9-28/h3-22,27,36-38,43H,23-26H2,1-2H3,(H2,40,41,44). The molecule has 5 aromatic carbocycles. The summed E-state index contributed by atoms with van der Waals surface area (Å²) < 4.78 is 13.1. The quantitative estimate of drug-likeness (QED) is 0.149. The predicted octanol–water partition coefficient (Wildman–Crippen LogP) is 7.89. The summed E-state index contributed by atoms with van der Waals surface area (Å²) in [4.78, 5) is 14.8. The first-order valence-electron chi connectivity index (χ1n) is 15.8. The molecule has 7 heteroatoms. The molecule has 0 radical (unpaired) electrons. The van der Waals surface area contributed by atoms with E-state index in [1.54, 1.807) is 0 Å². The summed E-state index contributed by atoms with van der Waals surface area (Å²) in [6, 6.07) is 40.4. The van der Waals surface area contributed by atoms with E-state index in [4.69, 9.17) is 9.47 Å². The molecule has 1 heterocycles. The van der Waals surface area contributed by atoms with E-state index in [0.717, 1.165) is 28.8 Å². The molecule has 0 spiro atoms. The lowest BCUT2D eigenvalue weighted by atomic mass is 9.98. The normalized spacial score (nSPS) is 18.7. The Morgan fingerprint density at radius 3 is 2.26 bits per heavy atom. The highest BCUT2D eigenvalue weighted by atomic mass is 16.7. The fraction of sp³-hybridized carbons (Fsp3) is 0.256. The number of hydrogen-bond acceptors (Lipinski definition) is 5. The number of likely N-dealkylation sites (N-methyl/N-ethyl adjacent to an activating group) is 1. The Balaban J connectivity index is 1.15. The second-order valence-corrected chi connectivity index (χ2v) is 12.0. The summed E-state index contributed by atoms with van der Waals surface area (Å²) in [6.45, 7) is 3.40. The topological polar surface area (TPSA) is 83.1 Å². The number of fused-ring (bicyclic) bond motifs is 1. The van der Waals surface area contributed by atoms with Gasteiger partial charge in [-0.25, -0.2) is 4.79 Å². The van der Waals surface area contributed by atoms with Gasteiger partial charge < -0.3 is 25.2 Å². The minimum atomic E-state index is -0.577. The van der Waals surface area contributed by atoms with Gasteiger partial charge in [-0.2, -0.15) is 0 Å². The van der Waals surface area contributed by atoms with Crippen LogP contribution in [0.4, 0.5) is 10.5 Å². The van der Waals surface area contributed by atoms with Gasteiger partial charge in [0.15, 0.2) is 6.29 Å². The lowest BCUT2D eigenvalue weighted by molar-refractivity contribution is -0.253. The molecule has 0 saturated carbocycles.